The highest BCUT2D eigenvalue weighted by Crippen LogP contribution is 2.20. The largest absolute Gasteiger partial charge is 0.477 e. The van der Waals surface area contributed by atoms with E-state index in [1.807, 2.05) is 0 Å². The summed E-state index contributed by atoms with van der Waals surface area (Å²) >= 11 is 0. The van der Waals surface area contributed by atoms with Gasteiger partial charge in [-0.1, -0.05) is 0 Å². The molecule has 0 fully saturated rings. The molecule has 0 unspecified atom stereocenters. The van der Waals surface area contributed by atoms with Crippen molar-refractivity contribution in [3.63, 3.8) is 0 Å². The standard InChI is InChI=1S/C7H9F3N4O/c8-7(9,10)1-2-15-5-3-4(11)13-6(12)14-5/h3H,1-2H2,(H4,11,12,13,14). The maximum atomic E-state index is 11.8. The molecular weight excluding hydrogens is 213 g/mol. The third-order valence-electron chi connectivity index (χ3n) is 1.38. The van der Waals surface area contributed by atoms with E-state index in [0.29, 0.717) is 0 Å². The zero-order chi connectivity index (χ0) is 11.5. The minimum atomic E-state index is -4.26. The van der Waals surface area contributed by atoms with Gasteiger partial charge in [-0.3, -0.25) is 0 Å². The molecule has 0 saturated carbocycles. The first-order valence-corrected chi connectivity index (χ1v) is 3.96. The minimum Gasteiger partial charge on any atom is -0.477 e. The van der Waals surface area contributed by atoms with E-state index >= 15 is 0 Å². The number of rotatable bonds is 3. The molecule has 0 atom stereocenters. The molecule has 84 valence electrons. The number of hydrogen-bond acceptors (Lipinski definition) is 5. The van der Waals surface area contributed by atoms with Crippen LogP contribution in [-0.4, -0.2) is 22.8 Å². The van der Waals surface area contributed by atoms with Gasteiger partial charge in [0.05, 0.1) is 13.0 Å². The second-order valence-electron chi connectivity index (χ2n) is 2.70. The van der Waals surface area contributed by atoms with Crippen molar-refractivity contribution in [2.45, 2.75) is 12.6 Å². The minimum absolute atomic E-state index is 0.0458. The number of aromatic nitrogens is 2. The van der Waals surface area contributed by atoms with Crippen LogP contribution in [0.5, 0.6) is 5.88 Å². The lowest BCUT2D eigenvalue weighted by Crippen LogP contribution is -2.14. The molecule has 5 nitrogen and oxygen atoms in total. The molecule has 8 heteroatoms. The highest BCUT2D eigenvalue weighted by atomic mass is 19.4. The Morgan fingerprint density at radius 3 is 2.47 bits per heavy atom. The van der Waals surface area contributed by atoms with Crippen LogP contribution in [0.25, 0.3) is 0 Å². The van der Waals surface area contributed by atoms with Gasteiger partial charge in [0.15, 0.2) is 0 Å². The summed E-state index contributed by atoms with van der Waals surface area (Å²) in [4.78, 5) is 7.08. The molecule has 0 aliphatic rings. The van der Waals surface area contributed by atoms with E-state index in [0.717, 1.165) is 0 Å². The molecule has 1 aromatic rings. The van der Waals surface area contributed by atoms with Crippen molar-refractivity contribution in [1.29, 1.82) is 0 Å². The Balaban J connectivity index is 2.51. The number of ether oxygens (including phenoxy) is 1. The van der Waals surface area contributed by atoms with Gasteiger partial charge in [0.25, 0.3) is 0 Å². The summed E-state index contributed by atoms with van der Waals surface area (Å²) in [7, 11) is 0. The van der Waals surface area contributed by atoms with Gasteiger partial charge >= 0.3 is 6.18 Å². The molecule has 0 saturated heterocycles. The van der Waals surface area contributed by atoms with Gasteiger partial charge in [0.1, 0.15) is 5.82 Å². The molecule has 0 aromatic carbocycles. The third kappa shape index (κ3) is 4.34. The van der Waals surface area contributed by atoms with Crippen LogP contribution < -0.4 is 16.2 Å². The highest BCUT2D eigenvalue weighted by Gasteiger charge is 2.26. The lowest BCUT2D eigenvalue weighted by Gasteiger charge is -2.08. The predicted molar refractivity (Wildman–Crippen MR) is 47.0 cm³/mol. The van der Waals surface area contributed by atoms with E-state index in [1.165, 1.54) is 6.07 Å². The number of nitrogens with two attached hydrogens (primary N) is 2. The van der Waals surface area contributed by atoms with E-state index in [9.17, 15) is 13.2 Å². The Bertz CT molecular complexity index is 321. The summed E-state index contributed by atoms with van der Waals surface area (Å²) in [6.07, 6.45) is -5.32. The van der Waals surface area contributed by atoms with E-state index in [-0.39, 0.29) is 17.6 Å². The lowest BCUT2D eigenvalue weighted by molar-refractivity contribution is -0.139. The Kier molecular flexibility index (Phi) is 3.17. The van der Waals surface area contributed by atoms with Crippen LogP contribution in [0.2, 0.25) is 0 Å². The van der Waals surface area contributed by atoms with Crippen LogP contribution in [0, 0.1) is 0 Å². The van der Waals surface area contributed by atoms with Gasteiger partial charge < -0.3 is 16.2 Å². The van der Waals surface area contributed by atoms with Crippen LogP contribution in [-0.2, 0) is 0 Å². The molecule has 0 aliphatic heterocycles. The Morgan fingerprint density at radius 2 is 1.93 bits per heavy atom. The Labute approximate surface area is 83.3 Å². The average Bonchev–Trinajstić information content (AvgIpc) is 1.99. The molecule has 4 N–H and O–H groups in total. The van der Waals surface area contributed by atoms with Crippen molar-refractivity contribution >= 4 is 11.8 Å². The van der Waals surface area contributed by atoms with Gasteiger partial charge in [-0.2, -0.15) is 23.1 Å². The summed E-state index contributed by atoms with van der Waals surface area (Å²) in [6.45, 7) is -0.528. The number of halogens is 3. The number of nitrogens with zero attached hydrogens (tertiary/aromatic N) is 2. The first-order chi connectivity index (χ1) is 6.87. The van der Waals surface area contributed by atoms with Crippen molar-refractivity contribution in [2.75, 3.05) is 18.1 Å². The van der Waals surface area contributed by atoms with E-state index < -0.39 is 19.2 Å². The fraction of sp³-hybridized carbons (Fsp3) is 0.429. The maximum Gasteiger partial charge on any atom is 0.392 e. The van der Waals surface area contributed by atoms with Gasteiger partial charge in [-0.25, -0.2) is 0 Å². The molecule has 0 spiro atoms. The molecule has 1 aromatic heterocycles. The molecule has 1 rings (SSSR count). The van der Waals surface area contributed by atoms with Crippen LogP contribution in [0.1, 0.15) is 6.42 Å². The number of anilines is 2. The van der Waals surface area contributed by atoms with Crippen molar-refractivity contribution in [3.05, 3.63) is 6.07 Å². The highest BCUT2D eigenvalue weighted by molar-refractivity contribution is 5.38. The van der Waals surface area contributed by atoms with Gasteiger partial charge in [-0.15, -0.1) is 0 Å². The van der Waals surface area contributed by atoms with Crippen LogP contribution in [0.4, 0.5) is 24.9 Å². The second kappa shape index (κ2) is 4.20. The fourth-order valence-corrected chi connectivity index (χ4v) is 0.806. The lowest BCUT2D eigenvalue weighted by atomic mass is 10.4. The molecule has 15 heavy (non-hydrogen) atoms. The first kappa shape index (κ1) is 11.3. The van der Waals surface area contributed by atoms with E-state index in [4.69, 9.17) is 16.2 Å². The summed E-state index contributed by atoms with van der Waals surface area (Å²) in [6, 6.07) is 1.20. The monoisotopic (exact) mass is 222 g/mol. The summed E-state index contributed by atoms with van der Waals surface area (Å²) in [5.74, 6) is -0.161. The zero-order valence-electron chi connectivity index (χ0n) is 7.58. The SMILES string of the molecule is Nc1cc(OCCC(F)(F)F)nc(N)n1. The van der Waals surface area contributed by atoms with Crippen LogP contribution in [0.15, 0.2) is 6.07 Å². The van der Waals surface area contributed by atoms with Gasteiger partial charge in [0.2, 0.25) is 11.8 Å². The second-order valence-corrected chi connectivity index (χ2v) is 2.70. The Morgan fingerprint density at radius 1 is 1.27 bits per heavy atom. The maximum absolute atomic E-state index is 11.8. The smallest absolute Gasteiger partial charge is 0.392 e. The van der Waals surface area contributed by atoms with E-state index in [1.54, 1.807) is 0 Å². The van der Waals surface area contributed by atoms with Crippen LogP contribution in [0.3, 0.4) is 0 Å². The Hall–Kier alpha value is -1.73. The molecule has 0 bridgehead atoms. The van der Waals surface area contributed by atoms with Crippen molar-refractivity contribution in [3.8, 4) is 5.88 Å². The number of alkyl halides is 3. The first-order valence-electron chi connectivity index (χ1n) is 3.96. The summed E-state index contributed by atoms with van der Waals surface area (Å²) in [5.41, 5.74) is 10.5. The van der Waals surface area contributed by atoms with Crippen LogP contribution >= 0.6 is 0 Å². The normalized spacial score (nSPS) is 11.4. The molecule has 0 aliphatic carbocycles. The summed E-state index contributed by atoms with van der Waals surface area (Å²) < 4.78 is 40.0. The molecule has 0 amide bonds. The number of nitrogen functional groups attached to an aromatic ring is 2. The van der Waals surface area contributed by atoms with Gasteiger partial charge in [0, 0.05) is 6.07 Å². The third-order valence-corrected chi connectivity index (χ3v) is 1.38. The molecular formula is C7H9F3N4O. The average molecular weight is 222 g/mol. The topological polar surface area (TPSA) is 87.0 Å². The van der Waals surface area contributed by atoms with Gasteiger partial charge in [-0.05, 0) is 0 Å². The molecule has 0 radical (unpaired) electrons. The van der Waals surface area contributed by atoms with Crippen molar-refractivity contribution in [2.24, 2.45) is 0 Å². The van der Waals surface area contributed by atoms with E-state index in [2.05, 4.69) is 9.97 Å². The fourth-order valence-electron chi connectivity index (χ4n) is 0.806. The zero-order valence-corrected chi connectivity index (χ0v) is 7.58. The van der Waals surface area contributed by atoms with Crippen molar-refractivity contribution in [1.82, 2.24) is 9.97 Å². The molecule has 1 heterocycles. The quantitative estimate of drug-likeness (QED) is 0.795. The predicted octanol–water partition coefficient (Wildman–Crippen LogP) is 0.972. The number of hydrogen-bond donors (Lipinski definition) is 2. The summed E-state index contributed by atoms with van der Waals surface area (Å²) in [5, 5.41) is 0. The van der Waals surface area contributed by atoms with Crippen molar-refractivity contribution < 1.29 is 17.9 Å².